The zero-order valence-electron chi connectivity index (χ0n) is 19.7. The zero-order chi connectivity index (χ0) is 23.4. The van der Waals surface area contributed by atoms with Crippen LogP contribution in [0, 0.1) is 13.8 Å². The molecule has 172 valence electrons. The van der Waals surface area contributed by atoms with Gasteiger partial charge in [0, 0.05) is 23.5 Å². The van der Waals surface area contributed by atoms with Crippen molar-refractivity contribution in [3.8, 4) is 0 Å². The second-order valence-electron chi connectivity index (χ2n) is 8.79. The van der Waals surface area contributed by atoms with Crippen molar-refractivity contribution in [2.75, 3.05) is 19.6 Å². The van der Waals surface area contributed by atoms with Gasteiger partial charge in [-0.3, -0.25) is 9.59 Å². The molecule has 2 aromatic carbocycles. The second kappa shape index (κ2) is 10.3. The van der Waals surface area contributed by atoms with Crippen molar-refractivity contribution in [2.24, 2.45) is 0 Å². The highest BCUT2D eigenvalue weighted by Crippen LogP contribution is 2.39. The number of hydrogen-bond donors (Lipinski definition) is 0. The van der Waals surface area contributed by atoms with E-state index in [1.54, 1.807) is 16.2 Å². The molecule has 0 saturated heterocycles. The van der Waals surface area contributed by atoms with E-state index in [0.29, 0.717) is 18.7 Å². The van der Waals surface area contributed by atoms with Crippen LogP contribution >= 0.6 is 11.3 Å². The van der Waals surface area contributed by atoms with E-state index >= 15 is 0 Å². The molecule has 1 aromatic heterocycles. The minimum Gasteiger partial charge on any atom is -0.330 e. The fraction of sp³-hybridized carbons (Fsp3) is 0.357. The Hall–Kier alpha value is -2.92. The van der Waals surface area contributed by atoms with E-state index in [1.807, 2.05) is 48.2 Å². The molecule has 0 N–H and O–H groups in total. The van der Waals surface area contributed by atoms with Crippen LogP contribution in [0.2, 0.25) is 0 Å². The summed E-state index contributed by atoms with van der Waals surface area (Å²) in [7, 11) is 0. The highest BCUT2D eigenvalue weighted by Gasteiger charge is 2.34. The first-order valence-electron chi connectivity index (χ1n) is 11.8. The third kappa shape index (κ3) is 4.88. The number of hydrogen-bond acceptors (Lipinski definition) is 3. The van der Waals surface area contributed by atoms with Crippen molar-refractivity contribution in [2.45, 2.75) is 46.1 Å². The maximum Gasteiger partial charge on any atom is 0.254 e. The third-order valence-corrected chi connectivity index (χ3v) is 7.54. The molecule has 0 fully saturated rings. The van der Waals surface area contributed by atoms with Crippen LogP contribution in [0.1, 0.15) is 63.3 Å². The maximum absolute atomic E-state index is 13.8. The highest BCUT2D eigenvalue weighted by atomic mass is 32.1. The van der Waals surface area contributed by atoms with Crippen LogP contribution in [0.4, 0.5) is 0 Å². The molecule has 3 aromatic rings. The summed E-state index contributed by atoms with van der Waals surface area (Å²) in [6, 6.07) is 18.0. The molecule has 0 saturated carbocycles. The molecule has 33 heavy (non-hydrogen) atoms. The summed E-state index contributed by atoms with van der Waals surface area (Å²) in [6.07, 6.45) is 2.71. The summed E-state index contributed by atoms with van der Waals surface area (Å²) in [5.74, 6) is -0.0475. The van der Waals surface area contributed by atoms with Gasteiger partial charge >= 0.3 is 0 Å². The van der Waals surface area contributed by atoms with E-state index in [9.17, 15) is 9.59 Å². The number of nitrogens with zero attached hydrogens (tertiary/aromatic N) is 2. The summed E-state index contributed by atoms with van der Waals surface area (Å²) >= 11 is 1.77. The van der Waals surface area contributed by atoms with Gasteiger partial charge in [-0.05, 0) is 66.5 Å². The van der Waals surface area contributed by atoms with Crippen molar-refractivity contribution < 1.29 is 9.59 Å². The van der Waals surface area contributed by atoms with Gasteiger partial charge in [0.15, 0.2) is 0 Å². The number of unbranched alkanes of at least 4 members (excludes halogenated alkanes) is 1. The number of carbonyl (C=O) groups excluding carboxylic acids is 2. The van der Waals surface area contributed by atoms with Crippen LogP contribution < -0.4 is 0 Å². The lowest BCUT2D eigenvalue weighted by atomic mass is 9.90. The minimum atomic E-state index is -0.102. The van der Waals surface area contributed by atoms with Crippen LogP contribution in [0.25, 0.3) is 0 Å². The van der Waals surface area contributed by atoms with Gasteiger partial charge in [-0.1, -0.05) is 55.8 Å². The molecule has 2 amide bonds. The zero-order valence-corrected chi connectivity index (χ0v) is 20.5. The van der Waals surface area contributed by atoms with Crippen LogP contribution in [0.5, 0.6) is 0 Å². The first kappa shape index (κ1) is 23.2. The van der Waals surface area contributed by atoms with Gasteiger partial charge in [-0.25, -0.2) is 0 Å². The Morgan fingerprint density at radius 2 is 1.73 bits per heavy atom. The lowest BCUT2D eigenvalue weighted by molar-refractivity contribution is -0.134. The highest BCUT2D eigenvalue weighted by molar-refractivity contribution is 7.10. The number of benzene rings is 2. The van der Waals surface area contributed by atoms with Crippen molar-refractivity contribution >= 4 is 23.2 Å². The van der Waals surface area contributed by atoms with Crippen molar-refractivity contribution in [3.05, 3.63) is 92.7 Å². The molecular formula is C28H32N2O2S. The Labute approximate surface area is 200 Å². The SMILES string of the molecule is CCCCN(CC(=O)N1CCc2sccc2C1c1ccccc1C)C(=O)c1ccccc1C. The fourth-order valence-electron chi connectivity index (χ4n) is 4.65. The standard InChI is InChI=1S/C28H32N2O2S/c1-4-5-16-29(28(32)23-13-9-7-11-21(23)3)19-26(31)30-17-14-25-24(15-18-33-25)27(30)22-12-8-6-10-20(22)2/h6-13,15,18,27H,4-5,14,16-17,19H2,1-3H3. The number of thiophene rings is 1. The molecule has 2 heterocycles. The molecule has 0 radical (unpaired) electrons. The summed E-state index contributed by atoms with van der Waals surface area (Å²) in [5.41, 5.74) is 5.18. The monoisotopic (exact) mass is 460 g/mol. The molecule has 1 aliphatic rings. The van der Waals surface area contributed by atoms with Gasteiger partial charge in [-0.15, -0.1) is 11.3 Å². The third-order valence-electron chi connectivity index (χ3n) is 6.54. The van der Waals surface area contributed by atoms with Crippen molar-refractivity contribution in [1.82, 2.24) is 9.80 Å². The first-order valence-corrected chi connectivity index (χ1v) is 12.7. The summed E-state index contributed by atoms with van der Waals surface area (Å²) in [4.78, 5) is 32.2. The number of aryl methyl sites for hydroxylation is 2. The van der Waals surface area contributed by atoms with Gasteiger partial charge in [-0.2, -0.15) is 0 Å². The van der Waals surface area contributed by atoms with E-state index < -0.39 is 0 Å². The van der Waals surface area contributed by atoms with Crippen LogP contribution in [0.3, 0.4) is 0 Å². The molecule has 4 nitrogen and oxygen atoms in total. The van der Waals surface area contributed by atoms with E-state index in [-0.39, 0.29) is 24.4 Å². The second-order valence-corrected chi connectivity index (χ2v) is 9.79. The largest absolute Gasteiger partial charge is 0.330 e. The predicted octanol–water partition coefficient (Wildman–Crippen LogP) is 5.78. The van der Waals surface area contributed by atoms with Gasteiger partial charge in [0.25, 0.3) is 5.91 Å². The quantitative estimate of drug-likeness (QED) is 0.448. The van der Waals surface area contributed by atoms with Gasteiger partial charge in [0.2, 0.25) is 5.91 Å². The molecule has 1 unspecified atom stereocenters. The molecule has 0 bridgehead atoms. The Bertz CT molecular complexity index is 1140. The number of fused-ring (bicyclic) bond motifs is 1. The van der Waals surface area contributed by atoms with Crippen molar-refractivity contribution in [1.29, 1.82) is 0 Å². The van der Waals surface area contributed by atoms with E-state index in [2.05, 4.69) is 37.4 Å². The maximum atomic E-state index is 13.8. The predicted molar refractivity (Wildman–Crippen MR) is 135 cm³/mol. The molecular weight excluding hydrogens is 428 g/mol. The minimum absolute atomic E-state index is 0.0122. The summed E-state index contributed by atoms with van der Waals surface area (Å²) < 4.78 is 0. The lowest BCUT2D eigenvalue weighted by Crippen LogP contribution is -2.47. The number of amides is 2. The smallest absolute Gasteiger partial charge is 0.254 e. The molecule has 0 spiro atoms. The van der Waals surface area contributed by atoms with Gasteiger partial charge in [0.05, 0.1) is 6.04 Å². The van der Waals surface area contributed by atoms with Gasteiger partial charge in [0.1, 0.15) is 6.54 Å². The Balaban J connectivity index is 1.63. The van der Waals surface area contributed by atoms with E-state index in [4.69, 9.17) is 0 Å². The Morgan fingerprint density at radius 3 is 2.45 bits per heavy atom. The molecule has 4 rings (SSSR count). The van der Waals surface area contributed by atoms with Gasteiger partial charge < -0.3 is 9.80 Å². The normalized spacial score (nSPS) is 15.2. The fourth-order valence-corrected chi connectivity index (χ4v) is 5.56. The van der Waals surface area contributed by atoms with Crippen LogP contribution in [0.15, 0.2) is 60.0 Å². The summed E-state index contributed by atoms with van der Waals surface area (Å²) in [6.45, 7) is 7.52. The summed E-state index contributed by atoms with van der Waals surface area (Å²) in [5, 5.41) is 2.12. The number of carbonyl (C=O) groups is 2. The lowest BCUT2D eigenvalue weighted by Gasteiger charge is -2.38. The van der Waals surface area contributed by atoms with Crippen LogP contribution in [-0.2, 0) is 11.2 Å². The molecule has 5 heteroatoms. The Kier molecular flexibility index (Phi) is 7.29. The van der Waals surface area contributed by atoms with E-state index in [0.717, 1.165) is 30.4 Å². The first-order chi connectivity index (χ1) is 16.0. The van der Waals surface area contributed by atoms with Crippen LogP contribution in [-0.4, -0.2) is 41.2 Å². The molecule has 1 atom stereocenters. The van der Waals surface area contributed by atoms with Crippen molar-refractivity contribution in [3.63, 3.8) is 0 Å². The molecule has 1 aliphatic heterocycles. The topological polar surface area (TPSA) is 40.6 Å². The molecule has 0 aliphatic carbocycles. The Morgan fingerprint density at radius 1 is 1.00 bits per heavy atom. The average molecular weight is 461 g/mol. The van der Waals surface area contributed by atoms with E-state index in [1.165, 1.54) is 16.0 Å². The number of rotatable bonds is 7. The average Bonchev–Trinajstić information content (AvgIpc) is 3.30.